The maximum absolute atomic E-state index is 5.83. The number of nitrogens with zero attached hydrogens (tertiary/aromatic N) is 1. The monoisotopic (exact) mass is 254 g/mol. The van der Waals surface area contributed by atoms with Gasteiger partial charge in [0.1, 0.15) is 5.76 Å². The molecular weight excluding hydrogens is 224 g/mol. The topological polar surface area (TPSA) is 24.5 Å². The van der Waals surface area contributed by atoms with E-state index in [1.54, 1.807) is 0 Å². The van der Waals surface area contributed by atoms with Crippen LogP contribution in [-0.2, 0) is 4.74 Å². The summed E-state index contributed by atoms with van der Waals surface area (Å²) in [5.41, 5.74) is 0.121. The normalized spacial score (nSPS) is 20.4. The molecule has 1 N–H and O–H groups in total. The summed E-state index contributed by atoms with van der Waals surface area (Å²) in [6, 6.07) is 0.301. The quantitative estimate of drug-likeness (QED) is 0.721. The molecule has 0 radical (unpaired) electrons. The van der Waals surface area contributed by atoms with Gasteiger partial charge in [-0.15, -0.1) is 0 Å². The summed E-state index contributed by atoms with van der Waals surface area (Å²) >= 11 is 0. The minimum absolute atomic E-state index is 0.121. The van der Waals surface area contributed by atoms with E-state index in [9.17, 15) is 0 Å². The maximum Gasteiger partial charge on any atom is 0.111 e. The van der Waals surface area contributed by atoms with Crippen LogP contribution in [0.5, 0.6) is 0 Å². The van der Waals surface area contributed by atoms with E-state index in [0.29, 0.717) is 6.04 Å². The van der Waals surface area contributed by atoms with Crippen molar-refractivity contribution in [3.63, 3.8) is 0 Å². The lowest BCUT2D eigenvalue weighted by Gasteiger charge is -2.46. The largest absolute Gasteiger partial charge is 0.496 e. The van der Waals surface area contributed by atoms with Crippen LogP contribution >= 0.6 is 0 Å². The standard InChI is InChI=1S/C15H30N2O/c1-6-15(5,17(8-3)9-4)14(16-7-2)13-11-10-12-18-13/h11,14,16H,6-10,12H2,1-5H3. The van der Waals surface area contributed by atoms with Crippen LogP contribution in [0, 0.1) is 0 Å². The van der Waals surface area contributed by atoms with E-state index in [-0.39, 0.29) is 5.54 Å². The van der Waals surface area contributed by atoms with Crippen molar-refractivity contribution in [3.8, 4) is 0 Å². The van der Waals surface area contributed by atoms with Crippen LogP contribution in [0.15, 0.2) is 11.8 Å². The fourth-order valence-electron chi connectivity index (χ4n) is 3.03. The zero-order valence-electron chi connectivity index (χ0n) is 12.8. The first kappa shape index (κ1) is 15.5. The van der Waals surface area contributed by atoms with Gasteiger partial charge < -0.3 is 10.1 Å². The van der Waals surface area contributed by atoms with E-state index in [0.717, 1.165) is 44.8 Å². The molecule has 1 aliphatic heterocycles. The van der Waals surface area contributed by atoms with E-state index in [1.165, 1.54) is 0 Å². The van der Waals surface area contributed by atoms with Crippen molar-refractivity contribution < 1.29 is 4.74 Å². The summed E-state index contributed by atoms with van der Waals surface area (Å²) in [5.74, 6) is 1.15. The SMILES string of the molecule is CCNC(C1=CCCO1)C(C)(CC)N(CC)CC. The first-order valence-corrected chi connectivity index (χ1v) is 7.45. The molecule has 0 bridgehead atoms. The Labute approximate surface area is 113 Å². The van der Waals surface area contributed by atoms with E-state index in [2.05, 4.69) is 50.9 Å². The fourth-order valence-corrected chi connectivity index (χ4v) is 3.03. The molecule has 3 nitrogen and oxygen atoms in total. The van der Waals surface area contributed by atoms with Gasteiger partial charge in [-0.2, -0.15) is 0 Å². The lowest BCUT2D eigenvalue weighted by Crippen LogP contribution is -2.60. The van der Waals surface area contributed by atoms with Gasteiger partial charge >= 0.3 is 0 Å². The van der Waals surface area contributed by atoms with Crippen molar-refractivity contribution in [2.45, 2.75) is 59.0 Å². The predicted octanol–water partition coefficient (Wildman–Crippen LogP) is 2.78. The van der Waals surface area contributed by atoms with Gasteiger partial charge in [0.25, 0.3) is 0 Å². The number of rotatable bonds is 8. The van der Waals surface area contributed by atoms with Crippen molar-refractivity contribution >= 4 is 0 Å². The molecule has 3 heteroatoms. The lowest BCUT2D eigenvalue weighted by atomic mass is 9.85. The summed E-state index contributed by atoms with van der Waals surface area (Å²) < 4.78 is 5.83. The minimum atomic E-state index is 0.121. The summed E-state index contributed by atoms with van der Waals surface area (Å²) in [4.78, 5) is 2.54. The molecular formula is C15H30N2O. The van der Waals surface area contributed by atoms with Crippen molar-refractivity contribution in [2.24, 2.45) is 0 Å². The van der Waals surface area contributed by atoms with Crippen LogP contribution in [0.1, 0.15) is 47.5 Å². The second kappa shape index (κ2) is 7.15. The third-order valence-electron chi connectivity index (χ3n) is 4.25. The van der Waals surface area contributed by atoms with Gasteiger partial charge in [-0.3, -0.25) is 4.90 Å². The van der Waals surface area contributed by atoms with E-state index >= 15 is 0 Å². The van der Waals surface area contributed by atoms with Crippen LogP contribution in [0.2, 0.25) is 0 Å². The second-order valence-corrected chi connectivity index (χ2v) is 5.12. The highest BCUT2D eigenvalue weighted by Gasteiger charge is 2.40. The zero-order valence-corrected chi connectivity index (χ0v) is 12.8. The summed E-state index contributed by atoms with van der Waals surface area (Å²) in [5, 5.41) is 3.63. The molecule has 1 aliphatic rings. The average Bonchev–Trinajstić information content (AvgIpc) is 2.90. The molecule has 2 unspecified atom stereocenters. The van der Waals surface area contributed by atoms with Gasteiger partial charge in [0.05, 0.1) is 12.6 Å². The highest BCUT2D eigenvalue weighted by Crippen LogP contribution is 2.30. The Morgan fingerprint density at radius 1 is 1.33 bits per heavy atom. The van der Waals surface area contributed by atoms with Gasteiger partial charge in [-0.25, -0.2) is 0 Å². The molecule has 0 aromatic carbocycles. The Hall–Kier alpha value is -0.540. The van der Waals surface area contributed by atoms with Crippen LogP contribution in [-0.4, -0.2) is 42.7 Å². The number of nitrogens with one attached hydrogen (secondary N) is 1. The third-order valence-corrected chi connectivity index (χ3v) is 4.25. The highest BCUT2D eigenvalue weighted by atomic mass is 16.5. The number of likely N-dealkylation sites (N-methyl/N-ethyl adjacent to an activating group) is 2. The van der Waals surface area contributed by atoms with Crippen LogP contribution in [0.25, 0.3) is 0 Å². The Kier molecular flexibility index (Phi) is 6.16. The molecule has 2 atom stereocenters. The van der Waals surface area contributed by atoms with Crippen molar-refractivity contribution in [2.75, 3.05) is 26.2 Å². The molecule has 1 rings (SSSR count). The molecule has 0 saturated carbocycles. The second-order valence-electron chi connectivity index (χ2n) is 5.12. The first-order chi connectivity index (χ1) is 8.63. The lowest BCUT2D eigenvalue weighted by molar-refractivity contribution is 0.0589. The van der Waals surface area contributed by atoms with Gasteiger partial charge in [0.15, 0.2) is 0 Å². The Morgan fingerprint density at radius 2 is 2.00 bits per heavy atom. The molecule has 0 saturated heterocycles. The molecule has 0 aliphatic carbocycles. The van der Waals surface area contributed by atoms with Crippen molar-refractivity contribution in [3.05, 3.63) is 11.8 Å². The third kappa shape index (κ3) is 3.07. The molecule has 0 aromatic heterocycles. The fraction of sp³-hybridized carbons (Fsp3) is 0.867. The van der Waals surface area contributed by atoms with E-state index < -0.39 is 0 Å². The molecule has 0 spiro atoms. The molecule has 18 heavy (non-hydrogen) atoms. The Balaban J connectivity index is 2.98. The zero-order chi connectivity index (χ0) is 13.6. The highest BCUT2D eigenvalue weighted by molar-refractivity contribution is 5.16. The molecule has 1 heterocycles. The van der Waals surface area contributed by atoms with Crippen LogP contribution < -0.4 is 5.32 Å². The molecule has 0 fully saturated rings. The minimum Gasteiger partial charge on any atom is -0.496 e. The average molecular weight is 254 g/mol. The van der Waals surface area contributed by atoms with Crippen LogP contribution in [0.3, 0.4) is 0 Å². The van der Waals surface area contributed by atoms with Crippen molar-refractivity contribution in [1.29, 1.82) is 0 Å². The summed E-state index contributed by atoms with van der Waals surface area (Å²) in [7, 11) is 0. The van der Waals surface area contributed by atoms with Crippen LogP contribution in [0.4, 0.5) is 0 Å². The summed E-state index contributed by atoms with van der Waals surface area (Å²) in [6.45, 7) is 15.3. The van der Waals surface area contributed by atoms with E-state index in [1.807, 2.05) is 0 Å². The smallest absolute Gasteiger partial charge is 0.111 e. The van der Waals surface area contributed by atoms with Gasteiger partial charge in [-0.05, 0) is 39.1 Å². The number of hydrogen-bond donors (Lipinski definition) is 1. The predicted molar refractivity (Wildman–Crippen MR) is 77.7 cm³/mol. The van der Waals surface area contributed by atoms with E-state index in [4.69, 9.17) is 4.74 Å². The Morgan fingerprint density at radius 3 is 2.39 bits per heavy atom. The number of hydrogen-bond acceptors (Lipinski definition) is 3. The van der Waals surface area contributed by atoms with Gasteiger partial charge in [-0.1, -0.05) is 27.7 Å². The first-order valence-electron chi connectivity index (χ1n) is 7.45. The molecule has 0 aromatic rings. The molecule has 0 amide bonds. The summed E-state index contributed by atoms with van der Waals surface area (Å²) in [6.07, 6.45) is 4.42. The molecule has 106 valence electrons. The number of ether oxygens (including phenoxy) is 1. The van der Waals surface area contributed by atoms with Gasteiger partial charge in [0.2, 0.25) is 0 Å². The van der Waals surface area contributed by atoms with Gasteiger partial charge in [0, 0.05) is 12.0 Å². The van der Waals surface area contributed by atoms with Crippen molar-refractivity contribution in [1.82, 2.24) is 10.2 Å². The Bertz CT molecular complexity index is 274. The maximum atomic E-state index is 5.83.